The van der Waals surface area contributed by atoms with Crippen molar-refractivity contribution in [3.05, 3.63) is 115 Å². The third kappa shape index (κ3) is 2.64. The molecule has 0 bridgehead atoms. The second-order valence-electron chi connectivity index (χ2n) is 6.75. The van der Waals surface area contributed by atoms with E-state index in [0.717, 1.165) is 11.4 Å². The molecule has 2 aromatic carbocycles. The van der Waals surface area contributed by atoms with E-state index in [-0.39, 0.29) is 21.2 Å². The quantitative estimate of drug-likeness (QED) is 0.240. The molecule has 2 heterocycles. The van der Waals surface area contributed by atoms with Crippen molar-refractivity contribution in [3.63, 3.8) is 0 Å². The summed E-state index contributed by atoms with van der Waals surface area (Å²) in [7, 11) is 0. The van der Waals surface area contributed by atoms with Crippen LogP contribution in [0.2, 0.25) is 0 Å². The molecule has 1 aliphatic rings. The van der Waals surface area contributed by atoms with Gasteiger partial charge in [0, 0.05) is 0 Å². The third-order valence-corrected chi connectivity index (χ3v) is 7.97. The minimum absolute atomic E-state index is 0.00663. The zero-order valence-corrected chi connectivity index (χ0v) is 19.5. The number of hydrogen-bond acceptors (Lipinski definition) is 2. The van der Waals surface area contributed by atoms with Crippen LogP contribution in [0.1, 0.15) is 22.5 Å². The van der Waals surface area contributed by atoms with Gasteiger partial charge in [-0.3, -0.25) is 0 Å². The van der Waals surface area contributed by atoms with Crippen LogP contribution in [0.25, 0.3) is 11.1 Å². The SMILES string of the molecule is C[I-]c1ccc2c(c1)C(c1ccccn1)(c1ccccn1)c1cc(I)ccc1-2. The van der Waals surface area contributed by atoms with Gasteiger partial charge in [0.2, 0.25) is 0 Å². The molecular formula is C24H17I2N2-. The summed E-state index contributed by atoms with van der Waals surface area (Å²) in [6.07, 6.45) is 3.78. The van der Waals surface area contributed by atoms with Crippen molar-refractivity contribution in [2.75, 3.05) is 4.93 Å². The average molecular weight is 587 g/mol. The summed E-state index contributed by atoms with van der Waals surface area (Å²) in [6.45, 7) is 0. The van der Waals surface area contributed by atoms with E-state index in [1.807, 2.05) is 24.5 Å². The summed E-state index contributed by atoms with van der Waals surface area (Å²) in [5, 5.41) is 0. The Morgan fingerprint density at radius 3 is 1.93 bits per heavy atom. The predicted molar refractivity (Wildman–Crippen MR) is 117 cm³/mol. The van der Waals surface area contributed by atoms with E-state index in [1.165, 1.54) is 29.4 Å². The van der Waals surface area contributed by atoms with E-state index >= 15 is 0 Å². The first kappa shape index (κ1) is 18.2. The molecule has 1 aliphatic carbocycles. The molecule has 0 saturated carbocycles. The van der Waals surface area contributed by atoms with Crippen LogP contribution in [0.4, 0.5) is 0 Å². The van der Waals surface area contributed by atoms with Crippen molar-refractivity contribution < 1.29 is 21.2 Å². The fraction of sp³-hybridized carbons (Fsp3) is 0.0833. The average Bonchev–Trinajstić information content (AvgIpc) is 3.04. The summed E-state index contributed by atoms with van der Waals surface area (Å²) in [6, 6.07) is 26.1. The molecule has 0 amide bonds. The number of alkyl halides is 1. The van der Waals surface area contributed by atoms with Gasteiger partial charge in [-0.15, -0.1) is 0 Å². The normalized spacial score (nSPS) is 13.9. The summed E-state index contributed by atoms with van der Waals surface area (Å²) in [5.74, 6) is 0. The number of fused-ring (bicyclic) bond motifs is 3. The van der Waals surface area contributed by atoms with Crippen molar-refractivity contribution in [1.82, 2.24) is 9.97 Å². The zero-order chi connectivity index (χ0) is 19.1. The summed E-state index contributed by atoms with van der Waals surface area (Å²) in [5.41, 5.74) is 6.74. The third-order valence-electron chi connectivity index (χ3n) is 5.38. The second-order valence-corrected chi connectivity index (χ2v) is 10.3. The topological polar surface area (TPSA) is 25.8 Å². The summed E-state index contributed by atoms with van der Waals surface area (Å²) >= 11 is 2.40. The van der Waals surface area contributed by atoms with Crippen molar-refractivity contribution in [2.45, 2.75) is 5.41 Å². The van der Waals surface area contributed by atoms with Gasteiger partial charge in [0.1, 0.15) is 0 Å². The van der Waals surface area contributed by atoms with Gasteiger partial charge in [-0.05, 0) is 0 Å². The molecule has 0 radical (unpaired) electrons. The molecule has 0 aliphatic heterocycles. The van der Waals surface area contributed by atoms with Gasteiger partial charge >= 0.3 is 190 Å². The standard InChI is InChI=1S/C24H17I2N2/c1-26-17-9-11-19-18-10-8-16(25)14-20(18)24(21(19)15-17,22-6-2-4-12-27-22)23-7-3-5-13-28-23/h2-15H,1H3/q-1. The predicted octanol–water partition coefficient (Wildman–Crippen LogP) is 2.33. The summed E-state index contributed by atoms with van der Waals surface area (Å²) < 4.78 is 2.67. The van der Waals surface area contributed by atoms with Crippen LogP contribution in [0, 0.1) is 7.14 Å². The molecular weight excluding hydrogens is 570 g/mol. The number of benzene rings is 2. The Hall–Kier alpha value is -1.80. The van der Waals surface area contributed by atoms with E-state index in [9.17, 15) is 0 Å². The van der Waals surface area contributed by atoms with Crippen LogP contribution in [0.5, 0.6) is 0 Å². The van der Waals surface area contributed by atoms with Gasteiger partial charge in [0.05, 0.1) is 0 Å². The van der Waals surface area contributed by atoms with Crippen LogP contribution >= 0.6 is 22.6 Å². The molecule has 0 spiro atoms. The molecule has 2 nitrogen and oxygen atoms in total. The van der Waals surface area contributed by atoms with Crippen LogP contribution in [0.15, 0.2) is 85.2 Å². The van der Waals surface area contributed by atoms with Gasteiger partial charge in [0.25, 0.3) is 0 Å². The second kappa shape index (κ2) is 7.22. The molecule has 0 atom stereocenters. The van der Waals surface area contributed by atoms with Gasteiger partial charge in [-0.1, -0.05) is 0 Å². The Kier molecular flexibility index (Phi) is 4.71. The zero-order valence-electron chi connectivity index (χ0n) is 15.2. The Labute approximate surface area is 188 Å². The van der Waals surface area contributed by atoms with E-state index in [0.29, 0.717) is 0 Å². The van der Waals surface area contributed by atoms with E-state index in [4.69, 9.17) is 9.97 Å². The molecule has 4 heteroatoms. The molecule has 4 aromatic rings. The van der Waals surface area contributed by atoms with E-state index in [2.05, 4.69) is 88.2 Å². The van der Waals surface area contributed by atoms with Gasteiger partial charge in [-0.25, -0.2) is 0 Å². The number of hydrogen-bond donors (Lipinski definition) is 0. The maximum absolute atomic E-state index is 4.86. The van der Waals surface area contributed by atoms with Gasteiger partial charge in [0.15, 0.2) is 0 Å². The number of rotatable bonds is 3. The van der Waals surface area contributed by atoms with Gasteiger partial charge in [-0.2, -0.15) is 0 Å². The molecule has 5 rings (SSSR count). The number of nitrogens with zero attached hydrogens (tertiary/aromatic N) is 2. The minimum atomic E-state index is -0.483. The van der Waals surface area contributed by atoms with Crippen LogP contribution in [-0.4, -0.2) is 14.9 Å². The molecule has 2 aromatic heterocycles. The van der Waals surface area contributed by atoms with Crippen molar-refractivity contribution >= 4 is 22.6 Å². The molecule has 0 saturated heterocycles. The molecule has 0 N–H and O–H groups in total. The summed E-state index contributed by atoms with van der Waals surface area (Å²) in [4.78, 5) is 12.0. The van der Waals surface area contributed by atoms with Crippen LogP contribution < -0.4 is 21.2 Å². The van der Waals surface area contributed by atoms with Crippen molar-refractivity contribution in [1.29, 1.82) is 0 Å². The Bertz CT molecular complexity index is 1120. The molecule has 0 unspecified atom stereocenters. The molecule has 138 valence electrons. The van der Waals surface area contributed by atoms with Gasteiger partial charge < -0.3 is 0 Å². The first-order valence-electron chi connectivity index (χ1n) is 9.02. The monoisotopic (exact) mass is 587 g/mol. The Balaban J connectivity index is 1.98. The van der Waals surface area contributed by atoms with E-state index in [1.54, 1.807) is 0 Å². The molecule has 0 fully saturated rings. The first-order chi connectivity index (χ1) is 13.7. The first-order valence-corrected chi connectivity index (χ1v) is 13.3. The maximum atomic E-state index is 4.86. The fourth-order valence-corrected chi connectivity index (χ4v) is 5.89. The molecule has 28 heavy (non-hydrogen) atoms. The number of pyridine rings is 2. The van der Waals surface area contributed by atoms with Crippen LogP contribution in [-0.2, 0) is 5.41 Å². The Morgan fingerprint density at radius 1 is 0.750 bits per heavy atom. The van der Waals surface area contributed by atoms with Crippen molar-refractivity contribution in [3.8, 4) is 11.1 Å². The van der Waals surface area contributed by atoms with Crippen molar-refractivity contribution in [2.24, 2.45) is 0 Å². The van der Waals surface area contributed by atoms with E-state index < -0.39 is 5.41 Å². The fourth-order valence-electron chi connectivity index (χ4n) is 4.24. The number of halogens is 2. The number of aromatic nitrogens is 2. The van der Waals surface area contributed by atoms with Crippen LogP contribution in [0.3, 0.4) is 0 Å². The Morgan fingerprint density at radius 2 is 1.36 bits per heavy atom.